The number of hydrogen-bond acceptors (Lipinski definition) is 2. The van der Waals surface area contributed by atoms with Crippen LogP contribution in [0, 0.1) is 0 Å². The molecule has 0 aromatic heterocycles. The highest BCUT2D eigenvalue weighted by Gasteiger charge is 2.16. The lowest BCUT2D eigenvalue weighted by molar-refractivity contribution is 0.0697. The minimum atomic E-state index is -1.06. The van der Waals surface area contributed by atoms with Gasteiger partial charge in [0, 0.05) is 13.6 Å². The smallest absolute Gasteiger partial charge is 0.337 e. The molecule has 5 nitrogen and oxygen atoms in total. The number of carbonyl (C=O) groups is 2. The lowest BCUT2D eigenvalue weighted by Crippen LogP contribution is -2.38. The third-order valence-corrected chi connectivity index (χ3v) is 2.43. The van der Waals surface area contributed by atoms with Gasteiger partial charge in [0.2, 0.25) is 0 Å². The monoisotopic (exact) mass is 248 g/mol. The van der Waals surface area contributed by atoms with E-state index < -0.39 is 5.97 Å². The van der Waals surface area contributed by atoms with E-state index in [2.05, 4.69) is 11.9 Å². The molecule has 0 aliphatic rings. The molecule has 0 aliphatic carbocycles. The number of aromatic carboxylic acids is 1. The number of anilines is 1. The Kier molecular flexibility index (Phi) is 4.92. The quantitative estimate of drug-likeness (QED) is 0.619. The molecule has 0 aliphatic heterocycles. The van der Waals surface area contributed by atoms with Gasteiger partial charge in [0.05, 0.1) is 11.3 Å². The van der Waals surface area contributed by atoms with E-state index in [9.17, 15) is 9.59 Å². The van der Waals surface area contributed by atoms with Crippen LogP contribution in [0.4, 0.5) is 10.5 Å². The van der Waals surface area contributed by atoms with Crippen molar-refractivity contribution in [3.63, 3.8) is 0 Å². The predicted molar refractivity (Wildman–Crippen MR) is 70.0 cm³/mol. The molecule has 96 valence electrons. The predicted octanol–water partition coefficient (Wildman–Crippen LogP) is 2.11. The second kappa shape index (κ2) is 6.44. The highest BCUT2D eigenvalue weighted by molar-refractivity contribution is 6.01. The number of nitrogens with zero attached hydrogens (tertiary/aromatic N) is 1. The highest BCUT2D eigenvalue weighted by Crippen LogP contribution is 2.18. The van der Waals surface area contributed by atoms with E-state index in [1.165, 1.54) is 18.0 Å². The van der Waals surface area contributed by atoms with Crippen molar-refractivity contribution in [1.82, 2.24) is 5.32 Å². The van der Waals surface area contributed by atoms with Crippen LogP contribution in [0.1, 0.15) is 16.8 Å². The molecule has 2 amide bonds. The number of para-hydroxylation sites is 1. The van der Waals surface area contributed by atoms with Crippen molar-refractivity contribution >= 4 is 17.7 Å². The molecule has 0 unspecified atom stereocenters. The van der Waals surface area contributed by atoms with Crippen LogP contribution in [0.25, 0.3) is 0 Å². The standard InChI is InChI=1S/C13H16N2O3/c1-3-4-9-14-13(18)15(2)11-8-6-5-7-10(11)12(16)17/h3,5-8H,1,4,9H2,2H3,(H,14,18)(H,16,17). The van der Waals surface area contributed by atoms with Crippen molar-refractivity contribution in [2.24, 2.45) is 0 Å². The van der Waals surface area contributed by atoms with Crippen LogP contribution in [0.2, 0.25) is 0 Å². The molecular formula is C13H16N2O3. The fourth-order valence-corrected chi connectivity index (χ4v) is 1.46. The molecule has 0 radical (unpaired) electrons. The van der Waals surface area contributed by atoms with Crippen molar-refractivity contribution in [3.8, 4) is 0 Å². The molecule has 1 aromatic rings. The van der Waals surface area contributed by atoms with Gasteiger partial charge in [-0.25, -0.2) is 9.59 Å². The van der Waals surface area contributed by atoms with Crippen molar-refractivity contribution in [3.05, 3.63) is 42.5 Å². The summed E-state index contributed by atoms with van der Waals surface area (Å²) in [5.41, 5.74) is 0.458. The van der Waals surface area contributed by atoms with Gasteiger partial charge in [-0.1, -0.05) is 18.2 Å². The van der Waals surface area contributed by atoms with Gasteiger partial charge in [0.15, 0.2) is 0 Å². The topological polar surface area (TPSA) is 69.6 Å². The van der Waals surface area contributed by atoms with Gasteiger partial charge in [-0.15, -0.1) is 6.58 Å². The lowest BCUT2D eigenvalue weighted by Gasteiger charge is -2.19. The van der Waals surface area contributed by atoms with Crippen molar-refractivity contribution in [1.29, 1.82) is 0 Å². The molecule has 2 N–H and O–H groups in total. The third-order valence-electron chi connectivity index (χ3n) is 2.43. The first-order chi connectivity index (χ1) is 8.57. The van der Waals surface area contributed by atoms with Crippen LogP contribution >= 0.6 is 0 Å². The second-order valence-electron chi connectivity index (χ2n) is 3.69. The molecule has 0 fully saturated rings. The fraction of sp³-hybridized carbons (Fsp3) is 0.231. The van der Waals surface area contributed by atoms with Gasteiger partial charge in [0.1, 0.15) is 0 Å². The van der Waals surface area contributed by atoms with Crippen molar-refractivity contribution in [2.45, 2.75) is 6.42 Å². The zero-order chi connectivity index (χ0) is 13.5. The Balaban J connectivity index is 2.83. The minimum absolute atomic E-state index is 0.0962. The Morgan fingerprint density at radius 2 is 2.11 bits per heavy atom. The lowest BCUT2D eigenvalue weighted by atomic mass is 10.1. The molecule has 18 heavy (non-hydrogen) atoms. The van der Waals surface area contributed by atoms with Crippen LogP contribution in [-0.4, -0.2) is 30.7 Å². The van der Waals surface area contributed by atoms with Gasteiger partial charge < -0.3 is 10.4 Å². The summed E-state index contributed by atoms with van der Waals surface area (Å²) in [7, 11) is 1.53. The Bertz CT molecular complexity index is 457. The van der Waals surface area contributed by atoms with Crippen LogP contribution in [0.3, 0.4) is 0 Å². The van der Waals surface area contributed by atoms with E-state index in [1.807, 2.05) is 0 Å². The summed E-state index contributed by atoms with van der Waals surface area (Å²) in [6, 6.07) is 6.03. The first-order valence-corrected chi connectivity index (χ1v) is 5.52. The Hall–Kier alpha value is -2.30. The maximum absolute atomic E-state index is 11.8. The average Bonchev–Trinajstić information content (AvgIpc) is 2.38. The zero-order valence-electron chi connectivity index (χ0n) is 10.2. The minimum Gasteiger partial charge on any atom is -0.478 e. The van der Waals surface area contributed by atoms with Crippen LogP contribution in [0.5, 0.6) is 0 Å². The molecular weight excluding hydrogens is 232 g/mol. The number of urea groups is 1. The van der Waals surface area contributed by atoms with E-state index in [4.69, 9.17) is 5.11 Å². The average molecular weight is 248 g/mol. The molecule has 5 heteroatoms. The second-order valence-corrected chi connectivity index (χ2v) is 3.69. The van der Waals surface area contributed by atoms with Crippen LogP contribution in [0.15, 0.2) is 36.9 Å². The number of carbonyl (C=O) groups excluding carboxylic acids is 1. The van der Waals surface area contributed by atoms with Gasteiger partial charge in [-0.05, 0) is 18.6 Å². The Labute approximate surface area is 106 Å². The van der Waals surface area contributed by atoms with E-state index >= 15 is 0 Å². The molecule has 0 saturated heterocycles. The fourth-order valence-electron chi connectivity index (χ4n) is 1.46. The molecule has 1 rings (SSSR count). The summed E-state index contributed by atoms with van der Waals surface area (Å²) < 4.78 is 0. The van der Waals surface area contributed by atoms with Crippen LogP contribution < -0.4 is 10.2 Å². The number of amides is 2. The number of benzene rings is 1. The van der Waals surface area contributed by atoms with Crippen LogP contribution in [-0.2, 0) is 0 Å². The Morgan fingerprint density at radius 3 is 2.72 bits per heavy atom. The summed E-state index contributed by atoms with van der Waals surface area (Å²) in [6.07, 6.45) is 2.37. The number of carboxylic acids is 1. The van der Waals surface area contributed by atoms with Gasteiger partial charge in [0.25, 0.3) is 0 Å². The van der Waals surface area contributed by atoms with E-state index in [1.54, 1.807) is 24.3 Å². The van der Waals surface area contributed by atoms with Gasteiger partial charge >= 0.3 is 12.0 Å². The molecule has 0 heterocycles. The highest BCUT2D eigenvalue weighted by atomic mass is 16.4. The summed E-state index contributed by atoms with van der Waals surface area (Å²) >= 11 is 0. The summed E-state index contributed by atoms with van der Waals surface area (Å²) in [5.74, 6) is -1.06. The zero-order valence-corrected chi connectivity index (χ0v) is 10.2. The third kappa shape index (κ3) is 3.35. The number of carboxylic acid groups (broad SMARTS) is 1. The molecule has 0 spiro atoms. The molecule has 1 aromatic carbocycles. The van der Waals surface area contributed by atoms with E-state index in [0.29, 0.717) is 18.7 Å². The number of rotatable bonds is 5. The molecule has 0 saturated carbocycles. The maximum atomic E-state index is 11.8. The number of hydrogen-bond donors (Lipinski definition) is 2. The molecule has 0 bridgehead atoms. The van der Waals surface area contributed by atoms with Gasteiger partial charge in [-0.3, -0.25) is 4.90 Å². The summed E-state index contributed by atoms with van der Waals surface area (Å²) in [4.78, 5) is 24.1. The van der Waals surface area contributed by atoms with Gasteiger partial charge in [-0.2, -0.15) is 0 Å². The summed E-state index contributed by atoms with van der Waals surface area (Å²) in [6.45, 7) is 4.03. The number of nitrogens with one attached hydrogen (secondary N) is 1. The Morgan fingerprint density at radius 1 is 1.44 bits per heavy atom. The largest absolute Gasteiger partial charge is 0.478 e. The van der Waals surface area contributed by atoms with E-state index in [0.717, 1.165) is 0 Å². The first-order valence-electron chi connectivity index (χ1n) is 5.52. The SMILES string of the molecule is C=CCCNC(=O)N(C)c1ccccc1C(=O)O. The molecule has 0 atom stereocenters. The normalized spacial score (nSPS) is 9.61. The van der Waals surface area contributed by atoms with E-state index in [-0.39, 0.29) is 11.6 Å². The first kappa shape index (κ1) is 13.8. The summed E-state index contributed by atoms with van der Waals surface area (Å²) in [5, 5.41) is 11.7. The maximum Gasteiger partial charge on any atom is 0.337 e. The van der Waals surface area contributed by atoms with Crippen molar-refractivity contribution < 1.29 is 14.7 Å². The van der Waals surface area contributed by atoms with Crippen molar-refractivity contribution in [2.75, 3.05) is 18.5 Å².